The van der Waals surface area contributed by atoms with E-state index in [1.165, 1.54) is 27.8 Å². The van der Waals surface area contributed by atoms with Gasteiger partial charge < -0.3 is 11.1 Å². The molecular formula is C32H30N2. The first kappa shape index (κ1) is 21.8. The van der Waals surface area contributed by atoms with Crippen LogP contribution in [0.5, 0.6) is 0 Å². The lowest BCUT2D eigenvalue weighted by Gasteiger charge is -2.26. The van der Waals surface area contributed by atoms with Gasteiger partial charge >= 0.3 is 0 Å². The Bertz CT molecular complexity index is 1390. The lowest BCUT2D eigenvalue weighted by atomic mass is 9.82. The first-order valence-electron chi connectivity index (χ1n) is 11.8. The molecule has 0 amide bonds. The number of anilines is 3. The molecule has 168 valence electrons. The van der Waals surface area contributed by atoms with E-state index in [2.05, 4.69) is 129 Å². The molecule has 2 nitrogen and oxygen atoms in total. The third-order valence-electron chi connectivity index (χ3n) is 6.39. The Labute approximate surface area is 202 Å². The fourth-order valence-corrected chi connectivity index (χ4v) is 4.45. The van der Waals surface area contributed by atoms with E-state index in [-0.39, 0.29) is 5.41 Å². The average molecular weight is 443 g/mol. The molecule has 0 heterocycles. The smallest absolute Gasteiger partial charge is 0.0697 e. The van der Waals surface area contributed by atoms with Gasteiger partial charge in [0.2, 0.25) is 0 Å². The zero-order valence-corrected chi connectivity index (χ0v) is 20.0. The van der Waals surface area contributed by atoms with Crippen molar-refractivity contribution in [2.75, 3.05) is 11.1 Å². The maximum atomic E-state index is 6.55. The summed E-state index contributed by atoms with van der Waals surface area (Å²) < 4.78 is 0. The summed E-state index contributed by atoms with van der Waals surface area (Å²) in [4.78, 5) is 0. The van der Waals surface area contributed by atoms with Gasteiger partial charge in [-0.2, -0.15) is 0 Å². The number of rotatable bonds is 4. The van der Waals surface area contributed by atoms with Crippen molar-refractivity contribution in [3.63, 3.8) is 0 Å². The third kappa shape index (κ3) is 4.15. The molecule has 0 fully saturated rings. The maximum absolute atomic E-state index is 6.55. The largest absolute Gasteiger partial charge is 0.397 e. The van der Waals surface area contributed by atoms with Crippen LogP contribution in [0.25, 0.3) is 33.0 Å². The summed E-state index contributed by atoms with van der Waals surface area (Å²) in [5.41, 5.74) is 15.3. The van der Waals surface area contributed by atoms with Gasteiger partial charge in [0.15, 0.2) is 0 Å². The van der Waals surface area contributed by atoms with Crippen LogP contribution in [0.15, 0.2) is 109 Å². The van der Waals surface area contributed by atoms with Crippen LogP contribution >= 0.6 is 0 Å². The van der Waals surface area contributed by atoms with Crippen molar-refractivity contribution in [2.24, 2.45) is 0 Å². The minimum absolute atomic E-state index is 0.00403. The highest BCUT2D eigenvalue weighted by Crippen LogP contribution is 2.44. The number of nitrogens with two attached hydrogens (primary N) is 1. The summed E-state index contributed by atoms with van der Waals surface area (Å²) in [6.07, 6.45) is 0. The van der Waals surface area contributed by atoms with E-state index in [0.717, 1.165) is 27.8 Å². The van der Waals surface area contributed by atoms with Gasteiger partial charge in [-0.1, -0.05) is 112 Å². The van der Waals surface area contributed by atoms with Gasteiger partial charge in [-0.05, 0) is 45.7 Å². The molecule has 5 aromatic carbocycles. The highest BCUT2D eigenvalue weighted by molar-refractivity contribution is 6.04. The highest BCUT2D eigenvalue weighted by Gasteiger charge is 2.21. The number of nitrogens with one attached hydrogen (secondary N) is 1. The molecule has 0 unspecified atom stereocenters. The van der Waals surface area contributed by atoms with Crippen LogP contribution in [0, 0.1) is 0 Å². The minimum atomic E-state index is 0.00403. The molecule has 0 aliphatic heterocycles. The summed E-state index contributed by atoms with van der Waals surface area (Å²) >= 11 is 0. The van der Waals surface area contributed by atoms with Gasteiger partial charge in [-0.15, -0.1) is 0 Å². The number of nitrogen functional groups attached to an aromatic ring is 1. The monoisotopic (exact) mass is 442 g/mol. The SMILES string of the molecule is CC(C)(C)c1cc(-c2ccccc2)c(Nc2c(N)ccc3ccccc23)c(-c2ccccc2)c1. The van der Waals surface area contributed by atoms with E-state index < -0.39 is 0 Å². The van der Waals surface area contributed by atoms with Crippen molar-refractivity contribution in [2.45, 2.75) is 26.2 Å². The second-order valence-corrected chi connectivity index (χ2v) is 9.80. The first-order valence-corrected chi connectivity index (χ1v) is 11.8. The van der Waals surface area contributed by atoms with Crippen LogP contribution in [0.4, 0.5) is 17.1 Å². The number of benzene rings is 5. The van der Waals surface area contributed by atoms with Crippen molar-refractivity contribution >= 4 is 27.8 Å². The molecule has 0 spiro atoms. The van der Waals surface area contributed by atoms with E-state index >= 15 is 0 Å². The quantitative estimate of drug-likeness (QED) is 0.273. The van der Waals surface area contributed by atoms with Crippen LogP contribution in [0.1, 0.15) is 26.3 Å². The fraction of sp³-hybridized carbons (Fsp3) is 0.125. The molecule has 0 saturated carbocycles. The lowest BCUT2D eigenvalue weighted by Crippen LogP contribution is -2.12. The van der Waals surface area contributed by atoms with Crippen molar-refractivity contribution in [3.05, 3.63) is 115 Å². The Morgan fingerprint density at radius 1 is 0.588 bits per heavy atom. The van der Waals surface area contributed by atoms with Crippen LogP contribution in [0.3, 0.4) is 0 Å². The molecule has 0 aliphatic rings. The van der Waals surface area contributed by atoms with Crippen LogP contribution in [-0.4, -0.2) is 0 Å². The van der Waals surface area contributed by atoms with Crippen molar-refractivity contribution in [3.8, 4) is 22.3 Å². The summed E-state index contributed by atoms with van der Waals surface area (Å²) in [6, 6.07) is 38.3. The van der Waals surface area contributed by atoms with Gasteiger partial charge in [0.1, 0.15) is 0 Å². The average Bonchev–Trinajstić information content (AvgIpc) is 2.86. The number of hydrogen-bond donors (Lipinski definition) is 2. The molecule has 3 N–H and O–H groups in total. The molecule has 0 saturated heterocycles. The van der Waals surface area contributed by atoms with Crippen LogP contribution in [-0.2, 0) is 5.41 Å². The van der Waals surface area contributed by atoms with E-state index in [0.29, 0.717) is 0 Å². The summed E-state index contributed by atoms with van der Waals surface area (Å²) in [7, 11) is 0. The number of fused-ring (bicyclic) bond motifs is 1. The Morgan fingerprint density at radius 2 is 1.12 bits per heavy atom. The highest BCUT2D eigenvalue weighted by atomic mass is 14.9. The van der Waals surface area contributed by atoms with Gasteiger partial charge in [0.05, 0.1) is 17.1 Å². The predicted octanol–water partition coefficient (Wildman–Crippen LogP) is 8.80. The van der Waals surface area contributed by atoms with Crippen LogP contribution < -0.4 is 11.1 Å². The van der Waals surface area contributed by atoms with E-state index in [4.69, 9.17) is 5.73 Å². The third-order valence-corrected chi connectivity index (χ3v) is 6.39. The standard InChI is InChI=1S/C32H30N2/c1-32(2,3)25-20-27(22-12-6-4-7-13-22)30(28(21-25)23-14-8-5-9-15-23)34-31-26-17-11-10-16-24(26)18-19-29(31)33/h4-21,34H,33H2,1-3H3. The second-order valence-electron chi connectivity index (χ2n) is 9.80. The molecule has 0 aromatic heterocycles. The van der Waals surface area contributed by atoms with Crippen molar-refractivity contribution < 1.29 is 0 Å². The zero-order valence-electron chi connectivity index (χ0n) is 20.0. The molecule has 5 aromatic rings. The Morgan fingerprint density at radius 3 is 1.68 bits per heavy atom. The maximum Gasteiger partial charge on any atom is 0.0697 e. The topological polar surface area (TPSA) is 38.0 Å². The molecule has 0 atom stereocenters. The molecule has 0 radical (unpaired) electrons. The molecule has 0 aliphatic carbocycles. The van der Waals surface area contributed by atoms with Gasteiger partial charge in [0, 0.05) is 16.5 Å². The first-order chi connectivity index (χ1) is 16.4. The Kier molecular flexibility index (Phi) is 5.59. The number of hydrogen-bond acceptors (Lipinski definition) is 2. The molecule has 5 rings (SSSR count). The summed E-state index contributed by atoms with van der Waals surface area (Å²) in [5, 5.41) is 6.07. The second kappa shape index (κ2) is 8.72. The molecule has 0 bridgehead atoms. The van der Waals surface area contributed by atoms with E-state index in [1.54, 1.807) is 0 Å². The molecule has 34 heavy (non-hydrogen) atoms. The van der Waals surface area contributed by atoms with Crippen molar-refractivity contribution in [1.29, 1.82) is 0 Å². The predicted molar refractivity (Wildman–Crippen MR) is 148 cm³/mol. The van der Waals surface area contributed by atoms with Crippen molar-refractivity contribution in [1.82, 2.24) is 0 Å². The summed E-state index contributed by atoms with van der Waals surface area (Å²) in [6.45, 7) is 6.80. The zero-order chi connectivity index (χ0) is 23.7. The van der Waals surface area contributed by atoms with Gasteiger partial charge in [-0.25, -0.2) is 0 Å². The fourth-order valence-electron chi connectivity index (χ4n) is 4.45. The molecule has 2 heteroatoms. The minimum Gasteiger partial charge on any atom is -0.397 e. The normalized spacial score (nSPS) is 11.5. The lowest BCUT2D eigenvalue weighted by molar-refractivity contribution is 0.591. The Hall–Kier alpha value is -4.04. The van der Waals surface area contributed by atoms with Gasteiger partial charge in [-0.3, -0.25) is 0 Å². The van der Waals surface area contributed by atoms with Gasteiger partial charge in [0.25, 0.3) is 0 Å². The Balaban J connectivity index is 1.83. The van der Waals surface area contributed by atoms with Crippen LogP contribution in [0.2, 0.25) is 0 Å². The van der Waals surface area contributed by atoms with E-state index in [9.17, 15) is 0 Å². The summed E-state index contributed by atoms with van der Waals surface area (Å²) in [5.74, 6) is 0. The molecular weight excluding hydrogens is 412 g/mol. The van der Waals surface area contributed by atoms with E-state index in [1.807, 2.05) is 6.07 Å².